The van der Waals surface area contributed by atoms with Crippen LogP contribution >= 0.6 is 0 Å². The van der Waals surface area contributed by atoms with Gasteiger partial charge in [-0.1, -0.05) is 0 Å². The Kier molecular flexibility index (Phi) is 1.99. The summed E-state index contributed by atoms with van der Waals surface area (Å²) in [4.78, 5) is 7.59. The third kappa shape index (κ3) is 1.31. The Morgan fingerprint density at radius 3 is 3.10 bits per heavy atom. The monoisotopic (exact) mass is 136 g/mol. The molecule has 0 radical (unpaired) electrons. The second-order valence-electron chi connectivity index (χ2n) is 1.80. The molecule has 1 N–H and O–H groups in total. The summed E-state index contributed by atoms with van der Waals surface area (Å²) in [7, 11) is 1.63. The molecule has 1 heterocycles. The lowest BCUT2D eigenvalue weighted by Crippen LogP contribution is -1.85. The van der Waals surface area contributed by atoms with Crippen LogP contribution in [-0.2, 0) is 0 Å². The molecular formula is C7H8N2O. The first-order valence-corrected chi connectivity index (χ1v) is 2.90. The fourth-order valence-corrected chi connectivity index (χ4v) is 0.631. The second kappa shape index (κ2) is 2.96. The van der Waals surface area contributed by atoms with Gasteiger partial charge in [-0.05, 0) is 12.1 Å². The van der Waals surface area contributed by atoms with Gasteiger partial charge in [-0.25, -0.2) is 0 Å². The molecule has 0 atom stereocenters. The van der Waals surface area contributed by atoms with Gasteiger partial charge in [0.25, 0.3) is 0 Å². The largest absolute Gasteiger partial charge is 0.506 e. The Morgan fingerprint density at radius 2 is 2.50 bits per heavy atom. The maximum atomic E-state index is 9.09. The van der Waals surface area contributed by atoms with Gasteiger partial charge in [-0.2, -0.15) is 0 Å². The van der Waals surface area contributed by atoms with E-state index in [2.05, 4.69) is 9.98 Å². The van der Waals surface area contributed by atoms with Crippen LogP contribution in [-0.4, -0.2) is 23.4 Å². The second-order valence-corrected chi connectivity index (χ2v) is 1.80. The summed E-state index contributed by atoms with van der Waals surface area (Å²) in [6.07, 6.45) is 3.12. The van der Waals surface area contributed by atoms with Crippen LogP contribution < -0.4 is 0 Å². The summed E-state index contributed by atoms with van der Waals surface area (Å²) in [5.41, 5.74) is 0.505. The average molecular weight is 136 g/mol. The number of hydrogen-bond acceptors (Lipinski definition) is 3. The zero-order valence-corrected chi connectivity index (χ0v) is 5.65. The highest BCUT2D eigenvalue weighted by molar-refractivity contribution is 5.80. The Bertz CT molecular complexity index is 245. The molecule has 0 saturated carbocycles. The highest BCUT2D eigenvalue weighted by Gasteiger charge is 1.93. The number of aromatic nitrogens is 1. The fourth-order valence-electron chi connectivity index (χ4n) is 0.631. The van der Waals surface area contributed by atoms with Gasteiger partial charge in [0.1, 0.15) is 11.4 Å². The van der Waals surface area contributed by atoms with Crippen molar-refractivity contribution in [2.45, 2.75) is 0 Å². The van der Waals surface area contributed by atoms with E-state index in [9.17, 15) is 0 Å². The molecule has 0 spiro atoms. The van der Waals surface area contributed by atoms with Gasteiger partial charge in [0.2, 0.25) is 0 Å². The number of aromatic hydroxyl groups is 1. The molecule has 0 aliphatic carbocycles. The van der Waals surface area contributed by atoms with E-state index < -0.39 is 0 Å². The summed E-state index contributed by atoms with van der Waals surface area (Å²) in [5, 5.41) is 9.09. The Balaban J connectivity index is 3.03. The normalized spacial score (nSPS) is 10.5. The molecule has 0 aliphatic rings. The van der Waals surface area contributed by atoms with Crippen molar-refractivity contribution in [1.29, 1.82) is 0 Å². The van der Waals surface area contributed by atoms with Crippen molar-refractivity contribution in [1.82, 2.24) is 4.98 Å². The Labute approximate surface area is 59.1 Å². The maximum Gasteiger partial charge on any atom is 0.142 e. The van der Waals surface area contributed by atoms with E-state index in [1.54, 1.807) is 25.4 Å². The third-order valence-electron chi connectivity index (χ3n) is 1.07. The molecule has 10 heavy (non-hydrogen) atoms. The SMILES string of the molecule is CN=Cc1ncccc1O. The van der Waals surface area contributed by atoms with Crippen LogP contribution in [0, 0.1) is 0 Å². The summed E-state index contributed by atoms with van der Waals surface area (Å²) in [6, 6.07) is 3.24. The smallest absolute Gasteiger partial charge is 0.142 e. The van der Waals surface area contributed by atoms with E-state index in [0.717, 1.165) is 0 Å². The molecule has 0 aromatic carbocycles. The third-order valence-corrected chi connectivity index (χ3v) is 1.07. The van der Waals surface area contributed by atoms with Gasteiger partial charge in [-0.15, -0.1) is 0 Å². The predicted molar refractivity (Wildman–Crippen MR) is 39.4 cm³/mol. The minimum absolute atomic E-state index is 0.160. The summed E-state index contributed by atoms with van der Waals surface area (Å²) in [5.74, 6) is 0.160. The molecular weight excluding hydrogens is 128 g/mol. The number of aliphatic imine (C=N–C) groups is 1. The van der Waals surface area contributed by atoms with Crippen molar-refractivity contribution in [2.24, 2.45) is 4.99 Å². The first kappa shape index (κ1) is 6.74. The highest BCUT2D eigenvalue weighted by atomic mass is 16.3. The number of pyridine rings is 1. The van der Waals surface area contributed by atoms with E-state index >= 15 is 0 Å². The Hall–Kier alpha value is -1.38. The van der Waals surface area contributed by atoms with E-state index in [-0.39, 0.29) is 5.75 Å². The lowest BCUT2D eigenvalue weighted by molar-refractivity contribution is 0.471. The van der Waals surface area contributed by atoms with Gasteiger partial charge in [0.15, 0.2) is 0 Å². The van der Waals surface area contributed by atoms with Crippen LogP contribution in [0.4, 0.5) is 0 Å². The molecule has 0 fully saturated rings. The average Bonchev–Trinajstić information content (AvgIpc) is 1.94. The molecule has 0 saturated heterocycles. The minimum Gasteiger partial charge on any atom is -0.506 e. The van der Waals surface area contributed by atoms with Crippen molar-refractivity contribution in [3.63, 3.8) is 0 Å². The molecule has 52 valence electrons. The van der Waals surface area contributed by atoms with Crippen molar-refractivity contribution in [3.05, 3.63) is 24.0 Å². The Morgan fingerprint density at radius 1 is 1.70 bits per heavy atom. The highest BCUT2D eigenvalue weighted by Crippen LogP contribution is 2.08. The van der Waals surface area contributed by atoms with Crippen LogP contribution in [0.15, 0.2) is 23.3 Å². The molecule has 1 aromatic heterocycles. The van der Waals surface area contributed by atoms with Crippen molar-refractivity contribution < 1.29 is 5.11 Å². The van der Waals surface area contributed by atoms with Crippen LogP contribution in [0.1, 0.15) is 5.69 Å². The van der Waals surface area contributed by atoms with Crippen LogP contribution in [0.25, 0.3) is 0 Å². The molecule has 3 heteroatoms. The van der Waals surface area contributed by atoms with Crippen molar-refractivity contribution >= 4 is 6.21 Å². The molecule has 1 rings (SSSR count). The van der Waals surface area contributed by atoms with Gasteiger partial charge in [0, 0.05) is 13.2 Å². The lowest BCUT2D eigenvalue weighted by Gasteiger charge is -1.93. The lowest BCUT2D eigenvalue weighted by atomic mass is 10.3. The molecule has 0 unspecified atom stereocenters. The summed E-state index contributed by atoms with van der Waals surface area (Å²) in [6.45, 7) is 0. The molecule has 0 bridgehead atoms. The van der Waals surface area contributed by atoms with Crippen LogP contribution in [0.3, 0.4) is 0 Å². The molecule has 3 nitrogen and oxygen atoms in total. The molecule has 0 aliphatic heterocycles. The fraction of sp³-hybridized carbons (Fsp3) is 0.143. The van der Waals surface area contributed by atoms with Gasteiger partial charge in [0.05, 0.1) is 6.21 Å². The number of nitrogens with zero attached hydrogens (tertiary/aromatic N) is 2. The van der Waals surface area contributed by atoms with E-state index in [1.807, 2.05) is 0 Å². The zero-order chi connectivity index (χ0) is 7.40. The van der Waals surface area contributed by atoms with E-state index in [0.29, 0.717) is 5.69 Å². The standard InChI is InChI=1S/C7H8N2O/c1-8-5-6-7(10)3-2-4-9-6/h2-5,10H,1H3. The summed E-state index contributed by atoms with van der Waals surface area (Å²) >= 11 is 0. The number of hydrogen-bond donors (Lipinski definition) is 1. The van der Waals surface area contributed by atoms with Crippen molar-refractivity contribution in [3.8, 4) is 5.75 Å². The first-order chi connectivity index (χ1) is 4.84. The molecule has 1 aromatic rings. The summed E-state index contributed by atoms with van der Waals surface area (Å²) < 4.78 is 0. The maximum absolute atomic E-state index is 9.09. The first-order valence-electron chi connectivity index (χ1n) is 2.90. The van der Waals surface area contributed by atoms with Crippen LogP contribution in [0.2, 0.25) is 0 Å². The minimum atomic E-state index is 0.160. The van der Waals surface area contributed by atoms with Gasteiger partial charge < -0.3 is 5.11 Å². The van der Waals surface area contributed by atoms with E-state index in [1.165, 1.54) is 6.21 Å². The predicted octanol–water partition coefficient (Wildman–Crippen LogP) is 0.836. The van der Waals surface area contributed by atoms with E-state index in [4.69, 9.17) is 5.11 Å². The number of rotatable bonds is 1. The topological polar surface area (TPSA) is 45.5 Å². The van der Waals surface area contributed by atoms with Gasteiger partial charge >= 0.3 is 0 Å². The zero-order valence-electron chi connectivity index (χ0n) is 5.65. The van der Waals surface area contributed by atoms with Crippen molar-refractivity contribution in [2.75, 3.05) is 7.05 Å². The van der Waals surface area contributed by atoms with Crippen LogP contribution in [0.5, 0.6) is 5.75 Å². The van der Waals surface area contributed by atoms with Gasteiger partial charge in [-0.3, -0.25) is 9.98 Å². The quantitative estimate of drug-likeness (QED) is 0.581. The molecule has 0 amide bonds.